The molecule has 2 atom stereocenters. The minimum atomic E-state index is -0.163. The quantitative estimate of drug-likeness (QED) is 0.751. The van der Waals surface area contributed by atoms with E-state index >= 15 is 0 Å². The van der Waals surface area contributed by atoms with Gasteiger partial charge in [-0.2, -0.15) is 0 Å². The van der Waals surface area contributed by atoms with Gasteiger partial charge in [-0.1, -0.05) is 30.1 Å². The van der Waals surface area contributed by atoms with Crippen molar-refractivity contribution >= 4 is 35.0 Å². The average Bonchev–Trinajstić information content (AvgIpc) is 2.73. The van der Waals surface area contributed by atoms with Crippen molar-refractivity contribution in [2.24, 2.45) is 11.8 Å². The summed E-state index contributed by atoms with van der Waals surface area (Å²) in [4.78, 5) is 29.8. The van der Waals surface area contributed by atoms with Gasteiger partial charge in [-0.15, -0.1) is 0 Å². The van der Waals surface area contributed by atoms with Gasteiger partial charge >= 0.3 is 0 Å². The minimum Gasteiger partial charge on any atom is -0.354 e. The first-order valence-electron chi connectivity index (χ1n) is 10.6. The summed E-state index contributed by atoms with van der Waals surface area (Å²) in [5, 5.41) is 3.91. The van der Waals surface area contributed by atoms with E-state index in [2.05, 4.69) is 24.1 Å². The second kappa shape index (κ2) is 10.1. The topological polar surface area (TPSA) is 52.7 Å². The van der Waals surface area contributed by atoms with E-state index in [0.717, 1.165) is 31.8 Å². The SMILES string of the molecule is CC1CCN(C(C)CNC(=O)C2CCCN(C(=O)c3ccc(Cl)c(Cl)c3)C2)CC1. The molecule has 29 heavy (non-hydrogen) atoms. The van der Waals surface area contributed by atoms with Crippen molar-refractivity contribution in [3.05, 3.63) is 33.8 Å². The predicted octanol–water partition coefficient (Wildman–Crippen LogP) is 4.08. The summed E-state index contributed by atoms with van der Waals surface area (Å²) in [5.41, 5.74) is 0.508. The molecule has 2 unspecified atom stereocenters. The second-order valence-corrected chi connectivity index (χ2v) is 9.35. The molecule has 2 heterocycles. The van der Waals surface area contributed by atoms with Gasteiger partial charge in [-0.05, 0) is 69.8 Å². The molecule has 5 nitrogen and oxygen atoms in total. The lowest BCUT2D eigenvalue weighted by Gasteiger charge is -2.36. The van der Waals surface area contributed by atoms with Crippen molar-refractivity contribution in [2.45, 2.75) is 45.6 Å². The molecule has 2 fully saturated rings. The zero-order valence-electron chi connectivity index (χ0n) is 17.3. The van der Waals surface area contributed by atoms with E-state index in [1.54, 1.807) is 23.1 Å². The number of carbonyl (C=O) groups excluding carboxylic acids is 2. The number of rotatable bonds is 5. The fourth-order valence-electron chi connectivity index (χ4n) is 4.18. The monoisotopic (exact) mass is 439 g/mol. The molecular formula is C22H31Cl2N3O2. The molecule has 0 saturated carbocycles. The number of nitrogens with one attached hydrogen (secondary N) is 1. The smallest absolute Gasteiger partial charge is 0.253 e. The number of amides is 2. The van der Waals surface area contributed by atoms with E-state index < -0.39 is 0 Å². The summed E-state index contributed by atoms with van der Waals surface area (Å²) in [6, 6.07) is 5.25. The van der Waals surface area contributed by atoms with E-state index in [1.165, 1.54) is 12.8 Å². The Balaban J connectivity index is 1.51. The number of likely N-dealkylation sites (tertiary alicyclic amines) is 2. The first kappa shape index (κ1) is 22.4. The van der Waals surface area contributed by atoms with E-state index in [9.17, 15) is 9.59 Å². The highest BCUT2D eigenvalue weighted by Gasteiger charge is 2.29. The van der Waals surface area contributed by atoms with Gasteiger partial charge in [-0.25, -0.2) is 0 Å². The van der Waals surface area contributed by atoms with Crippen molar-refractivity contribution in [3.63, 3.8) is 0 Å². The molecule has 2 aliphatic heterocycles. The lowest BCUT2D eigenvalue weighted by Crippen LogP contribution is -2.49. The van der Waals surface area contributed by atoms with Gasteiger partial charge in [0.2, 0.25) is 5.91 Å². The van der Waals surface area contributed by atoms with Crippen LogP contribution in [0.25, 0.3) is 0 Å². The number of benzene rings is 1. The maximum Gasteiger partial charge on any atom is 0.253 e. The Bertz CT molecular complexity index is 735. The lowest BCUT2D eigenvalue weighted by molar-refractivity contribution is -0.126. The third kappa shape index (κ3) is 5.87. The van der Waals surface area contributed by atoms with Crippen LogP contribution in [0.1, 0.15) is 49.9 Å². The molecule has 0 aromatic heterocycles. The summed E-state index contributed by atoms with van der Waals surface area (Å²) in [6.07, 6.45) is 4.09. The largest absolute Gasteiger partial charge is 0.354 e. The van der Waals surface area contributed by atoms with E-state index in [4.69, 9.17) is 23.2 Å². The average molecular weight is 440 g/mol. The molecule has 0 bridgehead atoms. The van der Waals surface area contributed by atoms with Crippen LogP contribution in [-0.4, -0.2) is 60.4 Å². The van der Waals surface area contributed by atoms with Crippen molar-refractivity contribution in [1.29, 1.82) is 0 Å². The van der Waals surface area contributed by atoms with Crippen LogP contribution in [0.5, 0.6) is 0 Å². The fourth-order valence-corrected chi connectivity index (χ4v) is 4.48. The molecule has 2 amide bonds. The van der Waals surface area contributed by atoms with Crippen LogP contribution in [0, 0.1) is 11.8 Å². The maximum absolute atomic E-state index is 12.8. The summed E-state index contributed by atoms with van der Waals surface area (Å²) in [6.45, 7) is 8.45. The minimum absolute atomic E-state index is 0.0499. The highest BCUT2D eigenvalue weighted by atomic mass is 35.5. The summed E-state index contributed by atoms with van der Waals surface area (Å²) < 4.78 is 0. The van der Waals surface area contributed by atoms with Crippen molar-refractivity contribution in [1.82, 2.24) is 15.1 Å². The van der Waals surface area contributed by atoms with Crippen molar-refractivity contribution in [3.8, 4) is 0 Å². The summed E-state index contributed by atoms with van der Waals surface area (Å²) in [7, 11) is 0. The maximum atomic E-state index is 12.8. The number of nitrogens with zero attached hydrogens (tertiary/aromatic N) is 2. The molecule has 0 spiro atoms. The Morgan fingerprint density at radius 2 is 1.86 bits per heavy atom. The van der Waals surface area contributed by atoms with E-state index in [1.807, 2.05) is 0 Å². The number of carbonyl (C=O) groups is 2. The van der Waals surface area contributed by atoms with Crippen LogP contribution in [-0.2, 0) is 4.79 Å². The zero-order chi connectivity index (χ0) is 21.0. The normalized spacial score (nSPS) is 22.3. The third-order valence-corrected chi connectivity index (χ3v) is 7.00. The van der Waals surface area contributed by atoms with Gasteiger partial charge in [0.25, 0.3) is 5.91 Å². The van der Waals surface area contributed by atoms with Crippen molar-refractivity contribution in [2.75, 3.05) is 32.7 Å². The molecule has 0 radical (unpaired) electrons. The molecule has 0 aliphatic carbocycles. The van der Waals surface area contributed by atoms with Crippen molar-refractivity contribution < 1.29 is 9.59 Å². The Morgan fingerprint density at radius 1 is 1.14 bits per heavy atom. The highest BCUT2D eigenvalue weighted by Crippen LogP contribution is 2.25. The van der Waals surface area contributed by atoms with Crippen LogP contribution in [0.4, 0.5) is 0 Å². The van der Waals surface area contributed by atoms with Crippen LogP contribution in [0.15, 0.2) is 18.2 Å². The van der Waals surface area contributed by atoms with Gasteiger partial charge in [0.15, 0.2) is 0 Å². The van der Waals surface area contributed by atoms with E-state index in [-0.39, 0.29) is 17.7 Å². The Kier molecular flexibility index (Phi) is 7.83. The predicted molar refractivity (Wildman–Crippen MR) is 118 cm³/mol. The van der Waals surface area contributed by atoms with E-state index in [0.29, 0.717) is 41.3 Å². The number of hydrogen-bond donors (Lipinski definition) is 1. The van der Waals surface area contributed by atoms with Gasteiger partial charge in [0.1, 0.15) is 0 Å². The molecule has 1 aromatic carbocycles. The summed E-state index contributed by atoms with van der Waals surface area (Å²) in [5.74, 6) is 0.587. The molecule has 2 aliphatic rings. The second-order valence-electron chi connectivity index (χ2n) is 8.53. The molecular weight excluding hydrogens is 409 g/mol. The third-order valence-electron chi connectivity index (χ3n) is 6.26. The molecule has 1 N–H and O–H groups in total. The molecule has 1 aromatic rings. The Labute approximate surface area is 183 Å². The highest BCUT2D eigenvalue weighted by molar-refractivity contribution is 6.42. The number of piperidine rings is 2. The number of halogens is 2. The van der Waals surface area contributed by atoms with Gasteiger partial charge in [-0.3, -0.25) is 14.5 Å². The van der Waals surface area contributed by atoms with Crippen LogP contribution >= 0.6 is 23.2 Å². The molecule has 7 heteroatoms. The molecule has 2 saturated heterocycles. The summed E-state index contributed by atoms with van der Waals surface area (Å²) >= 11 is 12.0. The van der Waals surface area contributed by atoms with Gasteiger partial charge in [0, 0.05) is 31.2 Å². The van der Waals surface area contributed by atoms with Gasteiger partial charge < -0.3 is 10.2 Å². The zero-order valence-corrected chi connectivity index (χ0v) is 18.8. The molecule has 3 rings (SSSR count). The Morgan fingerprint density at radius 3 is 2.55 bits per heavy atom. The lowest BCUT2D eigenvalue weighted by atomic mass is 9.96. The van der Waals surface area contributed by atoms with Gasteiger partial charge in [0.05, 0.1) is 16.0 Å². The standard InChI is InChI=1S/C22H31Cl2N3O2/c1-15-7-10-26(11-8-15)16(2)13-25-21(28)18-4-3-9-27(14-18)22(29)17-5-6-19(23)20(24)12-17/h5-6,12,15-16,18H,3-4,7-11,13-14H2,1-2H3,(H,25,28). The van der Waals surface area contributed by atoms with Crippen LogP contribution < -0.4 is 5.32 Å². The number of hydrogen-bond acceptors (Lipinski definition) is 3. The first-order valence-corrected chi connectivity index (χ1v) is 11.4. The Hall–Kier alpha value is -1.30. The van der Waals surface area contributed by atoms with Crippen LogP contribution in [0.3, 0.4) is 0 Å². The van der Waals surface area contributed by atoms with Crippen LogP contribution in [0.2, 0.25) is 10.0 Å². The fraction of sp³-hybridized carbons (Fsp3) is 0.636. The molecule has 160 valence electrons. The first-order chi connectivity index (χ1) is 13.8.